The second kappa shape index (κ2) is 9.23. The Labute approximate surface area is 153 Å². The standard InChI is InChI=1S/C20H23ClN2O2/c1-3-18(15-7-9-17(21)10-8-15)23-19(24)11-12-22-20(25)16-6-4-5-14(2)13-16/h4-10,13,18H,3,11-12H2,1-2H3,(H,22,25)(H,23,24). The number of carbonyl (C=O) groups is 2. The minimum atomic E-state index is -0.166. The molecule has 2 rings (SSSR count). The highest BCUT2D eigenvalue weighted by atomic mass is 35.5. The SMILES string of the molecule is CCC(NC(=O)CCNC(=O)c1cccc(C)c1)c1ccc(Cl)cc1. The van der Waals surface area contributed by atoms with E-state index >= 15 is 0 Å². The van der Waals surface area contributed by atoms with E-state index in [1.54, 1.807) is 6.07 Å². The molecule has 0 bridgehead atoms. The van der Waals surface area contributed by atoms with Gasteiger partial charge >= 0.3 is 0 Å². The number of hydrogen-bond acceptors (Lipinski definition) is 2. The zero-order valence-corrected chi connectivity index (χ0v) is 15.3. The van der Waals surface area contributed by atoms with Gasteiger partial charge in [-0.3, -0.25) is 9.59 Å². The Balaban J connectivity index is 1.81. The zero-order valence-electron chi connectivity index (χ0n) is 14.5. The number of hydrogen-bond donors (Lipinski definition) is 2. The Kier molecular flexibility index (Phi) is 7.02. The van der Waals surface area contributed by atoms with Gasteiger partial charge in [0, 0.05) is 23.6 Å². The van der Waals surface area contributed by atoms with Crippen LogP contribution in [0.4, 0.5) is 0 Å². The molecule has 0 heterocycles. The molecule has 2 N–H and O–H groups in total. The van der Waals surface area contributed by atoms with Crippen LogP contribution in [0.15, 0.2) is 48.5 Å². The Morgan fingerprint density at radius 2 is 1.84 bits per heavy atom. The number of carbonyl (C=O) groups excluding carboxylic acids is 2. The van der Waals surface area contributed by atoms with Crippen molar-refractivity contribution in [3.05, 3.63) is 70.2 Å². The molecule has 0 fully saturated rings. The molecule has 25 heavy (non-hydrogen) atoms. The van der Waals surface area contributed by atoms with Crippen LogP contribution in [0.5, 0.6) is 0 Å². The number of halogens is 1. The van der Waals surface area contributed by atoms with Crippen LogP contribution in [0.2, 0.25) is 5.02 Å². The maximum absolute atomic E-state index is 12.1. The molecule has 0 radical (unpaired) electrons. The Bertz CT molecular complexity index is 729. The number of benzene rings is 2. The summed E-state index contributed by atoms with van der Waals surface area (Å²) >= 11 is 5.90. The summed E-state index contributed by atoms with van der Waals surface area (Å²) < 4.78 is 0. The van der Waals surface area contributed by atoms with Crippen LogP contribution in [0.25, 0.3) is 0 Å². The first-order chi connectivity index (χ1) is 12.0. The van der Waals surface area contributed by atoms with Crippen molar-refractivity contribution in [2.24, 2.45) is 0 Å². The van der Waals surface area contributed by atoms with Crippen LogP contribution in [-0.4, -0.2) is 18.4 Å². The van der Waals surface area contributed by atoms with E-state index in [1.165, 1.54) is 0 Å². The fraction of sp³-hybridized carbons (Fsp3) is 0.300. The molecule has 1 atom stereocenters. The lowest BCUT2D eigenvalue weighted by molar-refractivity contribution is -0.121. The molecule has 0 aliphatic carbocycles. The van der Waals surface area contributed by atoms with Crippen molar-refractivity contribution in [2.45, 2.75) is 32.7 Å². The molecule has 0 aliphatic rings. The summed E-state index contributed by atoms with van der Waals surface area (Å²) in [5, 5.41) is 6.44. The molecule has 2 amide bonds. The molecular weight excluding hydrogens is 336 g/mol. The van der Waals surface area contributed by atoms with Gasteiger partial charge in [-0.25, -0.2) is 0 Å². The molecule has 0 aromatic heterocycles. The van der Waals surface area contributed by atoms with Crippen LogP contribution >= 0.6 is 11.6 Å². The molecule has 2 aromatic rings. The predicted octanol–water partition coefficient (Wildman–Crippen LogP) is 4.04. The molecule has 132 valence electrons. The van der Waals surface area contributed by atoms with E-state index in [9.17, 15) is 9.59 Å². The van der Waals surface area contributed by atoms with Crippen molar-refractivity contribution in [2.75, 3.05) is 6.54 Å². The third-order valence-electron chi connectivity index (χ3n) is 3.93. The van der Waals surface area contributed by atoms with Gasteiger partial charge < -0.3 is 10.6 Å². The second-order valence-corrected chi connectivity index (χ2v) is 6.39. The molecule has 2 aromatic carbocycles. The molecular formula is C20H23ClN2O2. The number of nitrogens with one attached hydrogen (secondary N) is 2. The van der Waals surface area contributed by atoms with Gasteiger partial charge in [-0.2, -0.15) is 0 Å². The topological polar surface area (TPSA) is 58.2 Å². The van der Waals surface area contributed by atoms with Crippen molar-refractivity contribution in [3.63, 3.8) is 0 Å². The number of rotatable bonds is 7. The maximum atomic E-state index is 12.1. The lowest BCUT2D eigenvalue weighted by Crippen LogP contribution is -2.32. The fourth-order valence-electron chi connectivity index (χ4n) is 2.56. The van der Waals surface area contributed by atoms with Gasteiger partial charge in [0.25, 0.3) is 5.91 Å². The third kappa shape index (κ3) is 5.91. The zero-order chi connectivity index (χ0) is 18.2. The van der Waals surface area contributed by atoms with Gasteiger partial charge in [0.05, 0.1) is 6.04 Å². The van der Waals surface area contributed by atoms with Crippen molar-refractivity contribution in [1.29, 1.82) is 0 Å². The fourth-order valence-corrected chi connectivity index (χ4v) is 2.69. The number of amides is 2. The average molecular weight is 359 g/mol. The smallest absolute Gasteiger partial charge is 0.251 e. The quantitative estimate of drug-likeness (QED) is 0.784. The first kappa shape index (κ1) is 19.0. The van der Waals surface area contributed by atoms with E-state index in [0.717, 1.165) is 17.5 Å². The van der Waals surface area contributed by atoms with E-state index in [-0.39, 0.29) is 24.3 Å². The van der Waals surface area contributed by atoms with Crippen molar-refractivity contribution < 1.29 is 9.59 Å². The third-order valence-corrected chi connectivity index (χ3v) is 4.19. The van der Waals surface area contributed by atoms with Gasteiger partial charge in [-0.05, 0) is 43.2 Å². The van der Waals surface area contributed by atoms with Crippen LogP contribution in [0, 0.1) is 6.92 Å². The van der Waals surface area contributed by atoms with Crippen LogP contribution < -0.4 is 10.6 Å². The van der Waals surface area contributed by atoms with Gasteiger partial charge in [-0.15, -0.1) is 0 Å². The van der Waals surface area contributed by atoms with Gasteiger partial charge in [0.15, 0.2) is 0 Å². The van der Waals surface area contributed by atoms with E-state index < -0.39 is 0 Å². The van der Waals surface area contributed by atoms with Crippen LogP contribution in [0.3, 0.4) is 0 Å². The van der Waals surface area contributed by atoms with Gasteiger partial charge in [0.1, 0.15) is 0 Å². The minimum absolute atomic E-state index is 0.0581. The molecule has 1 unspecified atom stereocenters. The van der Waals surface area contributed by atoms with Crippen LogP contribution in [0.1, 0.15) is 47.3 Å². The molecule has 0 aliphatic heterocycles. The van der Waals surface area contributed by atoms with E-state index in [4.69, 9.17) is 11.6 Å². The average Bonchev–Trinajstić information content (AvgIpc) is 2.60. The highest BCUT2D eigenvalue weighted by Gasteiger charge is 2.13. The lowest BCUT2D eigenvalue weighted by atomic mass is 10.0. The summed E-state index contributed by atoms with van der Waals surface area (Å²) in [6.07, 6.45) is 1.02. The van der Waals surface area contributed by atoms with Gasteiger partial charge in [0.2, 0.25) is 5.91 Å². The van der Waals surface area contributed by atoms with E-state index in [2.05, 4.69) is 10.6 Å². The van der Waals surface area contributed by atoms with E-state index in [1.807, 2.05) is 56.3 Å². The molecule has 5 heteroatoms. The monoisotopic (exact) mass is 358 g/mol. The van der Waals surface area contributed by atoms with E-state index in [0.29, 0.717) is 17.1 Å². The predicted molar refractivity (Wildman–Crippen MR) is 101 cm³/mol. The first-order valence-electron chi connectivity index (χ1n) is 8.39. The highest BCUT2D eigenvalue weighted by Crippen LogP contribution is 2.19. The Morgan fingerprint density at radius 3 is 2.48 bits per heavy atom. The second-order valence-electron chi connectivity index (χ2n) is 5.96. The molecule has 0 saturated carbocycles. The lowest BCUT2D eigenvalue weighted by Gasteiger charge is -2.17. The summed E-state index contributed by atoms with van der Waals surface area (Å²) in [6, 6.07) is 14.8. The summed E-state index contributed by atoms with van der Waals surface area (Å²) in [7, 11) is 0. The summed E-state index contributed by atoms with van der Waals surface area (Å²) in [4.78, 5) is 24.2. The normalized spacial score (nSPS) is 11.6. The molecule has 0 saturated heterocycles. The summed E-state index contributed by atoms with van der Waals surface area (Å²) in [5.41, 5.74) is 2.65. The molecule has 4 nitrogen and oxygen atoms in total. The number of aryl methyl sites for hydroxylation is 1. The van der Waals surface area contributed by atoms with Gasteiger partial charge in [-0.1, -0.05) is 48.4 Å². The first-order valence-corrected chi connectivity index (χ1v) is 8.77. The van der Waals surface area contributed by atoms with Crippen molar-refractivity contribution in [3.8, 4) is 0 Å². The van der Waals surface area contributed by atoms with Crippen molar-refractivity contribution in [1.82, 2.24) is 10.6 Å². The molecule has 0 spiro atoms. The Morgan fingerprint density at radius 1 is 1.12 bits per heavy atom. The highest BCUT2D eigenvalue weighted by molar-refractivity contribution is 6.30. The van der Waals surface area contributed by atoms with Crippen molar-refractivity contribution >= 4 is 23.4 Å². The maximum Gasteiger partial charge on any atom is 0.251 e. The summed E-state index contributed by atoms with van der Waals surface area (Å²) in [6.45, 7) is 4.25. The largest absolute Gasteiger partial charge is 0.352 e. The van der Waals surface area contributed by atoms with Crippen LogP contribution in [-0.2, 0) is 4.79 Å². The minimum Gasteiger partial charge on any atom is -0.352 e. The summed E-state index contributed by atoms with van der Waals surface area (Å²) in [5.74, 6) is -0.257. The Hall–Kier alpha value is -2.33.